The van der Waals surface area contributed by atoms with Gasteiger partial charge >= 0.3 is 0 Å². The van der Waals surface area contributed by atoms with Gasteiger partial charge in [-0.3, -0.25) is 4.79 Å². The van der Waals surface area contributed by atoms with Crippen LogP contribution < -0.4 is 10.1 Å². The van der Waals surface area contributed by atoms with E-state index >= 15 is 0 Å². The van der Waals surface area contributed by atoms with Crippen molar-refractivity contribution in [1.82, 2.24) is 14.9 Å². The number of ether oxygens (including phenoxy) is 1. The summed E-state index contributed by atoms with van der Waals surface area (Å²) in [4.78, 5) is 23.7. The zero-order chi connectivity index (χ0) is 19.4. The molecule has 0 radical (unpaired) electrons. The van der Waals surface area contributed by atoms with Gasteiger partial charge in [0.25, 0.3) is 5.91 Å². The largest absolute Gasteiger partial charge is 0.495 e. The van der Waals surface area contributed by atoms with E-state index < -0.39 is 0 Å². The van der Waals surface area contributed by atoms with E-state index in [1.807, 2.05) is 24.8 Å². The van der Waals surface area contributed by atoms with Crippen molar-refractivity contribution in [3.63, 3.8) is 0 Å². The molecule has 0 spiro atoms. The minimum Gasteiger partial charge on any atom is -0.495 e. The predicted molar refractivity (Wildman–Crippen MR) is 107 cm³/mol. The highest BCUT2D eigenvalue weighted by molar-refractivity contribution is 6.31. The molecule has 0 unspecified atom stereocenters. The smallest absolute Gasteiger partial charge is 0.272 e. The number of carbonyl (C=O) groups is 1. The standard InChI is InChI=1S/C20H25ClN4O2/c1-13-10-16(18(27-3)12-15(13)21)23-20-22-14(2)11-17(24-20)19(26)25-8-6-4-5-7-9-25/h10-12H,4-9H2,1-3H3,(H,22,23,24). The molecule has 1 saturated heterocycles. The lowest BCUT2D eigenvalue weighted by Crippen LogP contribution is -2.32. The fraction of sp³-hybridized carbons (Fsp3) is 0.450. The number of carbonyl (C=O) groups excluding carboxylic acids is 1. The summed E-state index contributed by atoms with van der Waals surface area (Å²) in [5, 5.41) is 3.79. The van der Waals surface area contributed by atoms with Gasteiger partial charge in [0.2, 0.25) is 5.95 Å². The van der Waals surface area contributed by atoms with Crippen LogP contribution in [0.3, 0.4) is 0 Å². The second-order valence-corrected chi connectivity index (χ2v) is 7.26. The van der Waals surface area contributed by atoms with Crippen molar-refractivity contribution in [1.29, 1.82) is 0 Å². The molecule has 0 aliphatic carbocycles. The fourth-order valence-electron chi connectivity index (χ4n) is 3.22. The summed E-state index contributed by atoms with van der Waals surface area (Å²) >= 11 is 6.17. The number of hydrogen-bond donors (Lipinski definition) is 1. The van der Waals surface area contributed by atoms with Crippen molar-refractivity contribution in [3.8, 4) is 5.75 Å². The molecule has 1 amide bonds. The Morgan fingerprint density at radius 2 is 1.81 bits per heavy atom. The number of anilines is 2. The highest BCUT2D eigenvalue weighted by atomic mass is 35.5. The molecule has 1 fully saturated rings. The normalized spacial score (nSPS) is 14.6. The number of nitrogens with zero attached hydrogens (tertiary/aromatic N) is 3. The van der Waals surface area contributed by atoms with Crippen molar-refractivity contribution >= 4 is 29.1 Å². The third-order valence-electron chi connectivity index (χ3n) is 4.69. The van der Waals surface area contributed by atoms with Crippen LogP contribution in [0.1, 0.15) is 47.4 Å². The molecule has 27 heavy (non-hydrogen) atoms. The number of methoxy groups -OCH3 is 1. The van der Waals surface area contributed by atoms with Crippen LogP contribution in [0.5, 0.6) is 5.75 Å². The van der Waals surface area contributed by atoms with E-state index in [0.29, 0.717) is 28.1 Å². The molecule has 0 saturated carbocycles. The van der Waals surface area contributed by atoms with Gasteiger partial charge in [-0.2, -0.15) is 0 Å². The number of rotatable bonds is 4. The summed E-state index contributed by atoms with van der Waals surface area (Å²) in [7, 11) is 1.58. The van der Waals surface area contributed by atoms with Crippen LogP contribution >= 0.6 is 11.6 Å². The fourth-order valence-corrected chi connectivity index (χ4v) is 3.37. The number of likely N-dealkylation sites (tertiary alicyclic amines) is 1. The van der Waals surface area contributed by atoms with E-state index in [9.17, 15) is 4.79 Å². The first-order valence-corrected chi connectivity index (χ1v) is 9.62. The Labute approximate surface area is 164 Å². The molecule has 0 atom stereocenters. The maximum absolute atomic E-state index is 12.9. The van der Waals surface area contributed by atoms with Crippen LogP contribution in [0.25, 0.3) is 0 Å². The topological polar surface area (TPSA) is 67.3 Å². The monoisotopic (exact) mass is 388 g/mol. The third-order valence-corrected chi connectivity index (χ3v) is 5.10. The first kappa shape index (κ1) is 19.4. The van der Waals surface area contributed by atoms with Crippen LogP contribution in [-0.2, 0) is 0 Å². The van der Waals surface area contributed by atoms with Crippen LogP contribution in [-0.4, -0.2) is 41.0 Å². The lowest BCUT2D eigenvalue weighted by Gasteiger charge is -2.20. The van der Waals surface area contributed by atoms with Gasteiger partial charge in [0.15, 0.2) is 0 Å². The Balaban J connectivity index is 1.87. The van der Waals surface area contributed by atoms with Gasteiger partial charge in [-0.05, 0) is 44.4 Å². The number of aryl methyl sites for hydroxylation is 2. The number of nitrogens with one attached hydrogen (secondary N) is 1. The molecule has 1 aliphatic heterocycles. The van der Waals surface area contributed by atoms with Gasteiger partial charge in [0.1, 0.15) is 11.4 Å². The molecule has 0 bridgehead atoms. The van der Waals surface area contributed by atoms with E-state index in [2.05, 4.69) is 15.3 Å². The molecule has 6 nitrogen and oxygen atoms in total. The first-order chi connectivity index (χ1) is 13.0. The van der Waals surface area contributed by atoms with Crippen molar-refractivity contribution in [3.05, 3.63) is 40.2 Å². The summed E-state index contributed by atoms with van der Waals surface area (Å²) in [6.45, 7) is 5.35. The van der Waals surface area contributed by atoms with E-state index in [4.69, 9.17) is 16.3 Å². The summed E-state index contributed by atoms with van der Waals surface area (Å²) in [5.74, 6) is 0.925. The minimum atomic E-state index is -0.0373. The molecule has 1 N–H and O–H groups in total. The number of amides is 1. The van der Waals surface area contributed by atoms with Gasteiger partial charge in [-0.25, -0.2) is 9.97 Å². The highest BCUT2D eigenvalue weighted by Gasteiger charge is 2.20. The van der Waals surface area contributed by atoms with Crippen LogP contribution in [0.15, 0.2) is 18.2 Å². The van der Waals surface area contributed by atoms with Crippen molar-refractivity contribution in [2.24, 2.45) is 0 Å². The first-order valence-electron chi connectivity index (χ1n) is 9.24. The highest BCUT2D eigenvalue weighted by Crippen LogP contribution is 2.32. The Bertz CT molecular complexity index is 833. The molecule has 2 heterocycles. The maximum Gasteiger partial charge on any atom is 0.272 e. The van der Waals surface area contributed by atoms with E-state index in [1.165, 1.54) is 12.8 Å². The lowest BCUT2D eigenvalue weighted by molar-refractivity contribution is 0.0755. The van der Waals surface area contributed by atoms with E-state index in [1.54, 1.807) is 19.2 Å². The second-order valence-electron chi connectivity index (χ2n) is 6.85. The number of halogens is 1. The minimum absolute atomic E-state index is 0.0373. The quantitative estimate of drug-likeness (QED) is 0.834. The molecule has 3 rings (SSSR count). The van der Waals surface area contributed by atoms with Gasteiger partial charge in [0, 0.05) is 29.9 Å². The van der Waals surface area contributed by atoms with Gasteiger partial charge in [-0.1, -0.05) is 24.4 Å². The van der Waals surface area contributed by atoms with Crippen LogP contribution in [0.4, 0.5) is 11.6 Å². The zero-order valence-electron chi connectivity index (χ0n) is 16.0. The Morgan fingerprint density at radius 1 is 1.11 bits per heavy atom. The Hall–Kier alpha value is -2.34. The molecule has 1 aromatic carbocycles. The lowest BCUT2D eigenvalue weighted by atomic mass is 10.2. The Morgan fingerprint density at radius 3 is 2.48 bits per heavy atom. The summed E-state index contributed by atoms with van der Waals surface area (Å²) in [6, 6.07) is 5.37. The van der Waals surface area contributed by atoms with Gasteiger partial charge < -0.3 is 15.0 Å². The Kier molecular flexibility index (Phi) is 6.16. The van der Waals surface area contributed by atoms with Crippen molar-refractivity contribution in [2.45, 2.75) is 39.5 Å². The summed E-state index contributed by atoms with van der Waals surface area (Å²) in [6.07, 6.45) is 4.44. The van der Waals surface area contributed by atoms with E-state index in [-0.39, 0.29) is 5.91 Å². The summed E-state index contributed by atoms with van der Waals surface area (Å²) in [5.41, 5.74) is 2.76. The number of hydrogen-bond acceptors (Lipinski definition) is 5. The molecule has 1 aromatic heterocycles. The second kappa shape index (κ2) is 8.57. The van der Waals surface area contributed by atoms with Gasteiger partial charge in [0.05, 0.1) is 12.8 Å². The van der Waals surface area contributed by atoms with Crippen molar-refractivity contribution in [2.75, 3.05) is 25.5 Å². The van der Waals surface area contributed by atoms with Crippen LogP contribution in [0, 0.1) is 13.8 Å². The average molecular weight is 389 g/mol. The molecule has 1 aliphatic rings. The van der Waals surface area contributed by atoms with Crippen molar-refractivity contribution < 1.29 is 9.53 Å². The average Bonchev–Trinajstić information content (AvgIpc) is 2.93. The zero-order valence-corrected chi connectivity index (χ0v) is 16.8. The molecular formula is C20H25ClN4O2. The van der Waals surface area contributed by atoms with E-state index in [0.717, 1.165) is 37.2 Å². The van der Waals surface area contributed by atoms with Crippen LogP contribution in [0.2, 0.25) is 5.02 Å². The predicted octanol–water partition coefficient (Wildman–Crippen LogP) is 4.52. The molecular weight excluding hydrogens is 364 g/mol. The number of aromatic nitrogens is 2. The molecule has 7 heteroatoms. The maximum atomic E-state index is 12.9. The number of benzene rings is 1. The SMILES string of the molecule is COc1cc(Cl)c(C)cc1Nc1nc(C)cc(C(=O)N2CCCCCC2)n1. The summed E-state index contributed by atoms with van der Waals surface area (Å²) < 4.78 is 5.39. The third kappa shape index (κ3) is 4.69. The molecule has 2 aromatic rings. The molecule has 144 valence electrons. The van der Waals surface area contributed by atoms with Gasteiger partial charge in [-0.15, -0.1) is 0 Å².